The zero-order valence-electron chi connectivity index (χ0n) is 12.5. The Bertz CT molecular complexity index is 538. The summed E-state index contributed by atoms with van der Waals surface area (Å²) < 4.78 is 4.98. The second-order valence-electron chi connectivity index (χ2n) is 5.66. The molecule has 0 saturated carbocycles. The van der Waals surface area contributed by atoms with Crippen molar-refractivity contribution in [3.05, 3.63) is 28.2 Å². The Hall–Kier alpha value is -1.26. The fourth-order valence-corrected chi connectivity index (χ4v) is 2.21. The van der Waals surface area contributed by atoms with E-state index in [1.165, 1.54) is 6.07 Å². The van der Waals surface area contributed by atoms with Crippen LogP contribution in [0.2, 0.25) is 10.0 Å². The van der Waals surface area contributed by atoms with E-state index >= 15 is 0 Å². The zero-order valence-corrected chi connectivity index (χ0v) is 14.0. The largest absolute Gasteiger partial charge is 0.465 e. The lowest BCUT2D eigenvalue weighted by atomic mass is 9.80. The lowest BCUT2D eigenvalue weighted by Gasteiger charge is -2.27. The first-order valence-electron chi connectivity index (χ1n) is 6.59. The van der Waals surface area contributed by atoms with E-state index < -0.39 is 23.2 Å². The summed E-state index contributed by atoms with van der Waals surface area (Å²) in [6.45, 7) is 7.31. The Morgan fingerprint density at radius 1 is 1.29 bits per heavy atom. The maximum Gasteiger partial charge on any atom is 0.319 e. The van der Waals surface area contributed by atoms with E-state index in [4.69, 9.17) is 27.9 Å². The quantitative estimate of drug-likeness (QED) is 0.665. The van der Waals surface area contributed by atoms with Crippen molar-refractivity contribution >= 4 is 40.8 Å². The van der Waals surface area contributed by atoms with Crippen molar-refractivity contribution in [3.8, 4) is 0 Å². The first-order valence-corrected chi connectivity index (χ1v) is 7.35. The topological polar surface area (TPSA) is 55.4 Å². The molecule has 1 aromatic carbocycles. The Labute approximate surface area is 134 Å². The maximum absolute atomic E-state index is 12.4. The number of nitrogens with one attached hydrogen (secondary N) is 1. The predicted octanol–water partition coefficient (Wildman–Crippen LogP) is 4.16. The second kappa shape index (κ2) is 7.14. The third-order valence-corrected chi connectivity index (χ3v) is 3.40. The molecule has 0 aliphatic carbocycles. The number of ether oxygens (including phenoxy) is 1. The van der Waals surface area contributed by atoms with Crippen LogP contribution in [0, 0.1) is 11.3 Å². The monoisotopic (exact) mass is 331 g/mol. The van der Waals surface area contributed by atoms with Gasteiger partial charge >= 0.3 is 5.97 Å². The molecule has 1 N–H and O–H groups in total. The van der Waals surface area contributed by atoms with Gasteiger partial charge in [0.2, 0.25) is 5.91 Å². The number of carbonyl (C=O) groups excluding carboxylic acids is 2. The third kappa shape index (κ3) is 4.90. The Morgan fingerprint density at radius 3 is 2.43 bits per heavy atom. The van der Waals surface area contributed by atoms with E-state index in [2.05, 4.69) is 5.32 Å². The molecule has 0 aromatic heterocycles. The Kier molecular flexibility index (Phi) is 6.05. The summed E-state index contributed by atoms with van der Waals surface area (Å²) in [6, 6.07) is 4.73. The number of rotatable bonds is 4. The number of anilines is 1. The molecule has 0 aliphatic heterocycles. The van der Waals surface area contributed by atoms with E-state index in [9.17, 15) is 9.59 Å². The summed E-state index contributed by atoms with van der Waals surface area (Å²) in [5, 5.41) is 3.43. The lowest BCUT2D eigenvalue weighted by molar-refractivity contribution is -0.155. The highest BCUT2D eigenvalue weighted by molar-refractivity contribution is 6.35. The highest BCUT2D eigenvalue weighted by Gasteiger charge is 2.39. The predicted molar refractivity (Wildman–Crippen MR) is 84.7 cm³/mol. The van der Waals surface area contributed by atoms with E-state index in [0.29, 0.717) is 15.7 Å². The van der Waals surface area contributed by atoms with Crippen LogP contribution in [0.4, 0.5) is 5.69 Å². The molecule has 4 nitrogen and oxygen atoms in total. The first-order chi connectivity index (χ1) is 9.66. The summed E-state index contributed by atoms with van der Waals surface area (Å²) in [7, 11) is 0. The highest BCUT2D eigenvalue weighted by atomic mass is 35.5. The normalized spacial score (nSPS) is 12.7. The van der Waals surface area contributed by atoms with Gasteiger partial charge in [-0.25, -0.2) is 0 Å². The molecule has 21 heavy (non-hydrogen) atoms. The van der Waals surface area contributed by atoms with Crippen molar-refractivity contribution in [2.24, 2.45) is 11.3 Å². The second-order valence-corrected chi connectivity index (χ2v) is 6.51. The molecule has 0 bridgehead atoms. The molecule has 0 radical (unpaired) electrons. The van der Waals surface area contributed by atoms with E-state index in [-0.39, 0.29) is 6.61 Å². The first kappa shape index (κ1) is 17.8. The summed E-state index contributed by atoms with van der Waals surface area (Å²) >= 11 is 11.9. The van der Waals surface area contributed by atoms with Gasteiger partial charge in [0.05, 0.1) is 17.3 Å². The molecule has 0 aliphatic rings. The van der Waals surface area contributed by atoms with E-state index in [1.807, 2.05) is 0 Å². The van der Waals surface area contributed by atoms with Crippen molar-refractivity contribution in [1.29, 1.82) is 0 Å². The van der Waals surface area contributed by atoms with Crippen LogP contribution in [0.3, 0.4) is 0 Å². The molecule has 1 amide bonds. The van der Waals surface area contributed by atoms with Gasteiger partial charge in [-0.05, 0) is 30.5 Å². The molecule has 0 heterocycles. The SMILES string of the molecule is CCOC(=O)C(C(=O)Nc1cc(Cl)ccc1Cl)C(C)(C)C. The number of carbonyl (C=O) groups is 2. The number of hydrogen-bond donors (Lipinski definition) is 1. The molecule has 0 spiro atoms. The molecule has 1 aromatic rings. The molecular weight excluding hydrogens is 313 g/mol. The minimum atomic E-state index is -0.938. The van der Waals surface area contributed by atoms with Crippen LogP contribution in [-0.4, -0.2) is 18.5 Å². The molecule has 6 heteroatoms. The van der Waals surface area contributed by atoms with Gasteiger partial charge in [-0.15, -0.1) is 0 Å². The molecule has 116 valence electrons. The van der Waals surface area contributed by atoms with Crippen LogP contribution >= 0.6 is 23.2 Å². The van der Waals surface area contributed by atoms with Gasteiger partial charge in [-0.1, -0.05) is 44.0 Å². The van der Waals surface area contributed by atoms with E-state index in [0.717, 1.165) is 0 Å². The molecule has 1 rings (SSSR count). The number of amides is 1. The standard InChI is InChI=1S/C15H19Cl2NO3/c1-5-21-14(20)12(15(2,3)4)13(19)18-11-8-9(16)6-7-10(11)17/h6-8,12H,5H2,1-4H3,(H,18,19). The smallest absolute Gasteiger partial charge is 0.319 e. The average molecular weight is 332 g/mol. The molecule has 1 atom stereocenters. The summed E-state index contributed by atoms with van der Waals surface area (Å²) in [5.41, 5.74) is -0.214. The summed E-state index contributed by atoms with van der Waals surface area (Å²) in [5.74, 6) is -1.96. The highest BCUT2D eigenvalue weighted by Crippen LogP contribution is 2.31. The van der Waals surface area contributed by atoms with Gasteiger partial charge in [0, 0.05) is 5.02 Å². The van der Waals surface area contributed by atoms with Crippen LogP contribution in [0.25, 0.3) is 0 Å². The van der Waals surface area contributed by atoms with Gasteiger partial charge in [-0.3, -0.25) is 9.59 Å². The minimum absolute atomic E-state index is 0.219. The minimum Gasteiger partial charge on any atom is -0.465 e. The van der Waals surface area contributed by atoms with Gasteiger partial charge in [0.15, 0.2) is 0 Å². The van der Waals surface area contributed by atoms with Crippen molar-refractivity contribution in [3.63, 3.8) is 0 Å². The van der Waals surface area contributed by atoms with Crippen molar-refractivity contribution < 1.29 is 14.3 Å². The fourth-order valence-electron chi connectivity index (χ4n) is 1.88. The van der Waals surface area contributed by atoms with Crippen LogP contribution in [-0.2, 0) is 14.3 Å². The number of halogens is 2. The third-order valence-electron chi connectivity index (χ3n) is 2.84. The van der Waals surface area contributed by atoms with Crippen molar-refractivity contribution in [2.45, 2.75) is 27.7 Å². The van der Waals surface area contributed by atoms with Gasteiger partial charge in [-0.2, -0.15) is 0 Å². The van der Waals surface area contributed by atoms with Crippen LogP contribution in [0.5, 0.6) is 0 Å². The number of benzene rings is 1. The van der Waals surface area contributed by atoms with Crippen LogP contribution in [0.15, 0.2) is 18.2 Å². The van der Waals surface area contributed by atoms with Gasteiger partial charge in [0.25, 0.3) is 0 Å². The van der Waals surface area contributed by atoms with Gasteiger partial charge in [0.1, 0.15) is 5.92 Å². The molecule has 0 saturated heterocycles. The maximum atomic E-state index is 12.4. The van der Waals surface area contributed by atoms with E-state index in [1.54, 1.807) is 39.8 Å². The van der Waals surface area contributed by atoms with Crippen molar-refractivity contribution in [1.82, 2.24) is 0 Å². The van der Waals surface area contributed by atoms with Crippen LogP contribution in [0.1, 0.15) is 27.7 Å². The number of esters is 1. The Balaban J connectivity index is 3.01. The van der Waals surface area contributed by atoms with Crippen LogP contribution < -0.4 is 5.32 Å². The Morgan fingerprint density at radius 2 is 1.90 bits per heavy atom. The molecular formula is C15H19Cl2NO3. The average Bonchev–Trinajstić information content (AvgIpc) is 2.32. The molecule has 0 fully saturated rings. The molecule has 1 unspecified atom stereocenters. The summed E-state index contributed by atoms with van der Waals surface area (Å²) in [6.07, 6.45) is 0. The zero-order chi connectivity index (χ0) is 16.2. The summed E-state index contributed by atoms with van der Waals surface area (Å²) in [4.78, 5) is 24.5. The number of hydrogen-bond acceptors (Lipinski definition) is 3. The van der Waals surface area contributed by atoms with Gasteiger partial charge < -0.3 is 10.1 Å². The lowest BCUT2D eigenvalue weighted by Crippen LogP contribution is -2.40. The fraction of sp³-hybridized carbons (Fsp3) is 0.467. The van der Waals surface area contributed by atoms with Crippen molar-refractivity contribution in [2.75, 3.05) is 11.9 Å².